The van der Waals surface area contributed by atoms with E-state index < -0.39 is 12.2 Å². The summed E-state index contributed by atoms with van der Waals surface area (Å²) in [4.78, 5) is 24.6. The van der Waals surface area contributed by atoms with Crippen LogP contribution in [0.2, 0.25) is 5.15 Å². The van der Waals surface area contributed by atoms with Crippen LogP contribution in [-0.2, 0) is 4.74 Å². The highest BCUT2D eigenvalue weighted by molar-refractivity contribution is 6.29. The second-order valence-electron chi connectivity index (χ2n) is 6.34. The standard InChI is InChI=1S/C18H16ClN3O5/c1-10-3-2-4-12(11-5-6-11)15(10)27-16-13(9-14(19)20-21-16)26-18(24)22-7-8-25-17(22)23/h2-4,9,11H,5-8H2,1H3. The minimum absolute atomic E-state index is 0.00323. The third-order valence-electron chi connectivity index (χ3n) is 4.33. The summed E-state index contributed by atoms with van der Waals surface area (Å²) in [5, 5.41) is 7.72. The molecule has 2 amide bonds. The van der Waals surface area contributed by atoms with Gasteiger partial charge in [0.05, 0.1) is 6.54 Å². The van der Waals surface area contributed by atoms with Gasteiger partial charge in [-0.15, -0.1) is 10.2 Å². The minimum Gasteiger partial charge on any atom is -0.447 e. The van der Waals surface area contributed by atoms with Crippen molar-refractivity contribution in [1.29, 1.82) is 0 Å². The highest BCUT2D eigenvalue weighted by atomic mass is 35.5. The van der Waals surface area contributed by atoms with Crippen molar-refractivity contribution in [2.24, 2.45) is 0 Å². The average Bonchev–Trinajstić information content (AvgIpc) is 3.39. The Morgan fingerprint density at radius 3 is 2.85 bits per heavy atom. The Bertz CT molecular complexity index is 916. The first-order valence-corrected chi connectivity index (χ1v) is 8.87. The number of nitrogens with zero attached hydrogens (tertiary/aromatic N) is 3. The van der Waals surface area contributed by atoms with Crippen LogP contribution >= 0.6 is 11.6 Å². The summed E-state index contributed by atoms with van der Waals surface area (Å²) in [6.07, 6.45) is 0.555. The van der Waals surface area contributed by atoms with E-state index in [9.17, 15) is 9.59 Å². The Balaban J connectivity index is 1.62. The van der Waals surface area contributed by atoms with Gasteiger partial charge in [0.2, 0.25) is 0 Å². The summed E-state index contributed by atoms with van der Waals surface area (Å²) in [6.45, 7) is 2.17. The Kier molecular flexibility index (Phi) is 4.57. The second-order valence-corrected chi connectivity index (χ2v) is 6.73. The van der Waals surface area contributed by atoms with Crippen molar-refractivity contribution in [3.8, 4) is 17.4 Å². The molecular formula is C18H16ClN3O5. The van der Waals surface area contributed by atoms with E-state index in [0.717, 1.165) is 28.9 Å². The third-order valence-corrected chi connectivity index (χ3v) is 4.52. The maximum absolute atomic E-state index is 12.2. The molecule has 0 spiro atoms. The predicted molar refractivity (Wildman–Crippen MR) is 94.3 cm³/mol. The minimum atomic E-state index is -0.890. The molecule has 1 saturated carbocycles. The number of carbonyl (C=O) groups excluding carboxylic acids is 2. The molecule has 0 bridgehead atoms. The van der Waals surface area contributed by atoms with E-state index in [0.29, 0.717) is 11.7 Å². The zero-order chi connectivity index (χ0) is 19.0. The number of carbonyl (C=O) groups is 2. The van der Waals surface area contributed by atoms with Crippen molar-refractivity contribution in [2.45, 2.75) is 25.7 Å². The molecule has 4 rings (SSSR count). The highest BCUT2D eigenvalue weighted by Gasteiger charge is 2.32. The molecule has 1 saturated heterocycles. The lowest BCUT2D eigenvalue weighted by Gasteiger charge is -2.16. The smallest absolute Gasteiger partial charge is 0.425 e. The zero-order valence-corrected chi connectivity index (χ0v) is 15.2. The van der Waals surface area contributed by atoms with Gasteiger partial charge >= 0.3 is 12.2 Å². The Morgan fingerprint density at radius 1 is 1.33 bits per heavy atom. The Labute approximate surface area is 160 Å². The Morgan fingerprint density at radius 2 is 2.15 bits per heavy atom. The van der Waals surface area contributed by atoms with Crippen LogP contribution in [0.15, 0.2) is 24.3 Å². The number of hydrogen-bond acceptors (Lipinski definition) is 7. The number of halogens is 1. The van der Waals surface area contributed by atoms with E-state index in [1.807, 2.05) is 25.1 Å². The van der Waals surface area contributed by atoms with E-state index in [-0.39, 0.29) is 29.9 Å². The molecule has 1 aliphatic heterocycles. The maximum atomic E-state index is 12.2. The van der Waals surface area contributed by atoms with Crippen molar-refractivity contribution in [1.82, 2.24) is 15.1 Å². The molecule has 1 aromatic carbocycles. The van der Waals surface area contributed by atoms with Crippen LogP contribution in [0, 0.1) is 6.92 Å². The van der Waals surface area contributed by atoms with Crippen molar-refractivity contribution in [2.75, 3.05) is 13.2 Å². The largest absolute Gasteiger partial charge is 0.447 e. The molecule has 8 nitrogen and oxygen atoms in total. The van der Waals surface area contributed by atoms with Crippen LogP contribution in [0.3, 0.4) is 0 Å². The van der Waals surface area contributed by atoms with E-state index in [4.69, 9.17) is 25.8 Å². The molecule has 2 heterocycles. The monoisotopic (exact) mass is 389 g/mol. The van der Waals surface area contributed by atoms with Crippen molar-refractivity contribution < 1.29 is 23.8 Å². The molecule has 2 aliphatic rings. The number of imide groups is 1. The summed E-state index contributed by atoms with van der Waals surface area (Å²) in [5.41, 5.74) is 2.00. The van der Waals surface area contributed by atoms with E-state index in [1.165, 1.54) is 6.07 Å². The van der Waals surface area contributed by atoms with Gasteiger partial charge in [-0.3, -0.25) is 0 Å². The van der Waals surface area contributed by atoms with Crippen LogP contribution in [0.25, 0.3) is 0 Å². The molecule has 1 aliphatic carbocycles. The van der Waals surface area contributed by atoms with Crippen LogP contribution in [0.4, 0.5) is 9.59 Å². The molecule has 27 heavy (non-hydrogen) atoms. The number of rotatable bonds is 4. The molecule has 0 unspecified atom stereocenters. The quantitative estimate of drug-likeness (QED) is 0.778. The maximum Gasteiger partial charge on any atom is 0.425 e. The van der Waals surface area contributed by atoms with Crippen molar-refractivity contribution in [3.63, 3.8) is 0 Å². The fourth-order valence-electron chi connectivity index (χ4n) is 2.82. The molecule has 2 fully saturated rings. The number of para-hydroxylation sites is 1. The van der Waals surface area contributed by atoms with Crippen LogP contribution < -0.4 is 9.47 Å². The first-order valence-electron chi connectivity index (χ1n) is 8.49. The third kappa shape index (κ3) is 3.66. The number of benzene rings is 1. The van der Waals surface area contributed by atoms with Crippen molar-refractivity contribution in [3.05, 3.63) is 40.5 Å². The fraction of sp³-hybridized carbons (Fsp3) is 0.333. The first kappa shape index (κ1) is 17.5. The first-order chi connectivity index (χ1) is 13.0. The van der Waals surface area contributed by atoms with Gasteiger partial charge in [0.15, 0.2) is 10.9 Å². The van der Waals surface area contributed by atoms with Gasteiger partial charge in [0.1, 0.15) is 12.4 Å². The number of ether oxygens (including phenoxy) is 3. The average molecular weight is 390 g/mol. The molecule has 2 aromatic rings. The summed E-state index contributed by atoms with van der Waals surface area (Å²) in [6, 6.07) is 7.23. The number of aromatic nitrogens is 2. The lowest BCUT2D eigenvalue weighted by atomic mass is 10.1. The molecule has 0 atom stereocenters. The normalized spacial score (nSPS) is 16.2. The molecule has 0 N–H and O–H groups in total. The molecule has 1 aromatic heterocycles. The van der Waals surface area contributed by atoms with Gasteiger partial charge in [-0.25, -0.2) is 14.5 Å². The topological polar surface area (TPSA) is 90.9 Å². The van der Waals surface area contributed by atoms with Gasteiger partial charge in [-0.1, -0.05) is 29.8 Å². The molecule has 140 valence electrons. The van der Waals surface area contributed by atoms with Crippen molar-refractivity contribution >= 4 is 23.8 Å². The van der Waals surface area contributed by atoms with Gasteiger partial charge in [-0.2, -0.15) is 0 Å². The SMILES string of the molecule is Cc1cccc(C2CC2)c1Oc1nnc(Cl)cc1OC(=O)N1CCOC1=O. The highest BCUT2D eigenvalue weighted by Crippen LogP contribution is 2.46. The molecule has 0 radical (unpaired) electrons. The van der Waals surface area contributed by atoms with Crippen LogP contribution in [0.5, 0.6) is 17.4 Å². The summed E-state index contributed by atoms with van der Waals surface area (Å²) in [7, 11) is 0. The van der Waals surface area contributed by atoms with E-state index in [1.54, 1.807) is 0 Å². The predicted octanol–water partition coefficient (Wildman–Crippen LogP) is 4.06. The fourth-order valence-corrected chi connectivity index (χ4v) is 2.96. The van der Waals surface area contributed by atoms with E-state index >= 15 is 0 Å². The van der Waals surface area contributed by atoms with Gasteiger partial charge in [0.25, 0.3) is 5.88 Å². The number of aryl methyl sites for hydroxylation is 1. The number of hydrogen-bond donors (Lipinski definition) is 0. The van der Waals surface area contributed by atoms with Crippen LogP contribution in [-0.4, -0.2) is 40.4 Å². The number of amides is 2. The summed E-state index contributed by atoms with van der Waals surface area (Å²) in [5.74, 6) is 1.08. The molecular weight excluding hydrogens is 374 g/mol. The van der Waals surface area contributed by atoms with E-state index in [2.05, 4.69) is 10.2 Å². The Hall–Kier alpha value is -2.87. The zero-order valence-electron chi connectivity index (χ0n) is 14.5. The van der Waals surface area contributed by atoms with Gasteiger partial charge in [-0.05, 0) is 36.8 Å². The lowest BCUT2D eigenvalue weighted by molar-refractivity contribution is 0.142. The second kappa shape index (κ2) is 7.03. The van der Waals surface area contributed by atoms with Gasteiger partial charge in [0, 0.05) is 6.07 Å². The summed E-state index contributed by atoms with van der Waals surface area (Å²) < 4.78 is 16.0. The van der Waals surface area contributed by atoms with Crippen LogP contribution in [0.1, 0.15) is 29.9 Å². The van der Waals surface area contributed by atoms with Gasteiger partial charge < -0.3 is 14.2 Å². The lowest BCUT2D eigenvalue weighted by Crippen LogP contribution is -2.34. The number of cyclic esters (lactones) is 1. The molecule has 9 heteroatoms. The summed E-state index contributed by atoms with van der Waals surface area (Å²) >= 11 is 5.89.